The smallest absolute Gasteiger partial charge is 0.153 e. The SMILES string of the molecule is C[C@@H](N)C(=O)Cc1ccc(Cl)nc1Cl. The molecule has 0 spiro atoms. The number of ketones is 1. The van der Waals surface area contributed by atoms with Crippen LogP contribution in [0.2, 0.25) is 10.3 Å². The van der Waals surface area contributed by atoms with Crippen LogP contribution in [0.1, 0.15) is 12.5 Å². The summed E-state index contributed by atoms with van der Waals surface area (Å²) in [6, 6.07) is 2.79. The number of carbonyl (C=O) groups is 1. The van der Waals surface area contributed by atoms with E-state index in [9.17, 15) is 4.79 Å². The number of halogens is 2. The molecule has 1 heterocycles. The van der Waals surface area contributed by atoms with Crippen molar-refractivity contribution in [2.24, 2.45) is 5.73 Å². The van der Waals surface area contributed by atoms with Crippen LogP contribution in [0, 0.1) is 0 Å². The summed E-state index contributed by atoms with van der Waals surface area (Å²) in [5, 5.41) is 0.568. The molecule has 0 aliphatic carbocycles. The van der Waals surface area contributed by atoms with Crippen LogP contribution in [0.4, 0.5) is 0 Å². The summed E-state index contributed by atoms with van der Waals surface area (Å²) in [4.78, 5) is 15.1. The standard InChI is InChI=1S/C9H10Cl2N2O/c1-5(12)7(14)4-6-2-3-8(10)13-9(6)11/h2-3,5H,4,12H2,1H3/t5-/m1/s1. The van der Waals surface area contributed by atoms with E-state index in [2.05, 4.69) is 4.98 Å². The zero-order valence-electron chi connectivity index (χ0n) is 7.63. The average Bonchev–Trinajstić information content (AvgIpc) is 2.09. The van der Waals surface area contributed by atoms with E-state index >= 15 is 0 Å². The maximum Gasteiger partial charge on any atom is 0.153 e. The molecule has 0 aliphatic rings. The van der Waals surface area contributed by atoms with Gasteiger partial charge in [-0.3, -0.25) is 4.79 Å². The predicted molar refractivity (Wildman–Crippen MR) is 56.6 cm³/mol. The van der Waals surface area contributed by atoms with Crippen molar-refractivity contribution in [3.8, 4) is 0 Å². The molecule has 0 aromatic carbocycles. The van der Waals surface area contributed by atoms with Crippen molar-refractivity contribution in [1.82, 2.24) is 4.98 Å². The molecule has 1 rings (SSSR count). The molecule has 0 fully saturated rings. The van der Waals surface area contributed by atoms with Crippen molar-refractivity contribution in [1.29, 1.82) is 0 Å². The van der Waals surface area contributed by atoms with Gasteiger partial charge in [-0.15, -0.1) is 0 Å². The summed E-state index contributed by atoms with van der Waals surface area (Å²) in [6.07, 6.45) is 0.195. The van der Waals surface area contributed by atoms with Crippen LogP contribution < -0.4 is 5.73 Å². The van der Waals surface area contributed by atoms with E-state index in [4.69, 9.17) is 28.9 Å². The van der Waals surface area contributed by atoms with E-state index in [0.717, 1.165) is 0 Å². The number of carbonyl (C=O) groups excluding carboxylic acids is 1. The Kier molecular flexibility index (Phi) is 3.86. The molecule has 1 atom stereocenters. The lowest BCUT2D eigenvalue weighted by Crippen LogP contribution is -2.28. The van der Waals surface area contributed by atoms with Gasteiger partial charge in [0, 0.05) is 6.42 Å². The third-order valence-electron chi connectivity index (χ3n) is 1.76. The Balaban J connectivity index is 2.82. The van der Waals surface area contributed by atoms with Crippen LogP contribution >= 0.6 is 23.2 Å². The Labute approximate surface area is 92.2 Å². The normalized spacial score (nSPS) is 12.6. The van der Waals surface area contributed by atoms with Gasteiger partial charge in [-0.1, -0.05) is 29.3 Å². The third kappa shape index (κ3) is 2.94. The van der Waals surface area contributed by atoms with E-state index < -0.39 is 6.04 Å². The van der Waals surface area contributed by atoms with Gasteiger partial charge in [-0.2, -0.15) is 0 Å². The molecule has 2 N–H and O–H groups in total. The summed E-state index contributed by atoms with van der Waals surface area (Å²) in [7, 11) is 0. The fourth-order valence-electron chi connectivity index (χ4n) is 0.922. The molecule has 1 aromatic rings. The highest BCUT2D eigenvalue weighted by atomic mass is 35.5. The van der Waals surface area contributed by atoms with E-state index in [1.54, 1.807) is 19.1 Å². The topological polar surface area (TPSA) is 56.0 Å². The van der Waals surface area contributed by atoms with Gasteiger partial charge in [0.05, 0.1) is 6.04 Å². The van der Waals surface area contributed by atoms with Crippen molar-refractivity contribution in [3.05, 3.63) is 28.0 Å². The molecule has 0 amide bonds. The quantitative estimate of drug-likeness (QED) is 0.810. The molecule has 0 saturated carbocycles. The summed E-state index contributed by atoms with van der Waals surface area (Å²) >= 11 is 11.4. The first-order chi connectivity index (χ1) is 6.50. The Morgan fingerprint density at radius 1 is 1.57 bits per heavy atom. The van der Waals surface area contributed by atoms with Gasteiger partial charge in [0.15, 0.2) is 5.78 Å². The van der Waals surface area contributed by atoms with Crippen LogP contribution in [-0.2, 0) is 11.2 Å². The molecule has 1 aromatic heterocycles. The van der Waals surface area contributed by atoms with Gasteiger partial charge in [0.2, 0.25) is 0 Å². The highest BCUT2D eigenvalue weighted by Gasteiger charge is 2.11. The summed E-state index contributed by atoms with van der Waals surface area (Å²) in [5.74, 6) is -0.0731. The van der Waals surface area contributed by atoms with Crippen molar-refractivity contribution < 1.29 is 4.79 Å². The zero-order valence-corrected chi connectivity index (χ0v) is 9.14. The lowest BCUT2D eigenvalue weighted by atomic mass is 10.1. The second-order valence-electron chi connectivity index (χ2n) is 3.02. The van der Waals surface area contributed by atoms with E-state index in [1.807, 2.05) is 0 Å². The van der Waals surface area contributed by atoms with Gasteiger partial charge in [0.1, 0.15) is 10.3 Å². The van der Waals surface area contributed by atoms with Crippen LogP contribution in [-0.4, -0.2) is 16.8 Å². The minimum absolute atomic E-state index is 0.0731. The Bertz CT molecular complexity index is 353. The summed E-state index contributed by atoms with van der Waals surface area (Å²) in [6.45, 7) is 1.64. The van der Waals surface area contributed by atoms with Crippen LogP contribution in [0.15, 0.2) is 12.1 Å². The van der Waals surface area contributed by atoms with E-state index in [-0.39, 0.29) is 17.4 Å². The minimum atomic E-state index is -0.484. The molecule has 0 aliphatic heterocycles. The zero-order chi connectivity index (χ0) is 10.7. The molecule has 14 heavy (non-hydrogen) atoms. The molecule has 0 radical (unpaired) electrons. The molecule has 76 valence electrons. The largest absolute Gasteiger partial charge is 0.322 e. The van der Waals surface area contributed by atoms with Crippen molar-refractivity contribution >= 4 is 29.0 Å². The molecule has 0 bridgehead atoms. The number of hydrogen-bond donors (Lipinski definition) is 1. The molecular weight excluding hydrogens is 223 g/mol. The molecule has 5 heteroatoms. The summed E-state index contributed by atoms with van der Waals surface area (Å²) < 4.78 is 0. The number of aromatic nitrogens is 1. The first-order valence-corrected chi connectivity index (χ1v) is 4.85. The van der Waals surface area contributed by atoms with Crippen LogP contribution in [0.3, 0.4) is 0 Å². The molecule has 0 unspecified atom stereocenters. The number of nitrogens with two attached hydrogens (primary N) is 1. The highest BCUT2D eigenvalue weighted by molar-refractivity contribution is 6.33. The number of Topliss-reactive ketones (excluding diaryl/α,β-unsaturated/α-hetero) is 1. The van der Waals surface area contributed by atoms with Crippen LogP contribution in [0.25, 0.3) is 0 Å². The maximum atomic E-state index is 11.3. The maximum absolute atomic E-state index is 11.3. The molecule has 0 saturated heterocycles. The van der Waals surface area contributed by atoms with Crippen molar-refractivity contribution in [2.75, 3.05) is 0 Å². The lowest BCUT2D eigenvalue weighted by molar-refractivity contribution is -0.119. The number of hydrogen-bond acceptors (Lipinski definition) is 3. The van der Waals surface area contributed by atoms with Crippen LogP contribution in [0.5, 0.6) is 0 Å². The number of nitrogens with zero attached hydrogens (tertiary/aromatic N) is 1. The monoisotopic (exact) mass is 232 g/mol. The van der Waals surface area contributed by atoms with Crippen molar-refractivity contribution in [2.45, 2.75) is 19.4 Å². The Hall–Kier alpha value is -0.640. The van der Waals surface area contributed by atoms with Gasteiger partial charge in [0.25, 0.3) is 0 Å². The number of pyridine rings is 1. The average molecular weight is 233 g/mol. The van der Waals surface area contributed by atoms with E-state index in [0.29, 0.717) is 10.7 Å². The predicted octanol–water partition coefficient (Wildman–Crippen LogP) is 1.85. The van der Waals surface area contributed by atoms with Gasteiger partial charge < -0.3 is 5.73 Å². The Morgan fingerprint density at radius 2 is 2.21 bits per heavy atom. The fraction of sp³-hybridized carbons (Fsp3) is 0.333. The number of rotatable bonds is 3. The van der Waals surface area contributed by atoms with Gasteiger partial charge in [-0.25, -0.2) is 4.98 Å². The van der Waals surface area contributed by atoms with Gasteiger partial charge in [-0.05, 0) is 18.6 Å². The second kappa shape index (κ2) is 4.73. The van der Waals surface area contributed by atoms with E-state index in [1.165, 1.54) is 0 Å². The lowest BCUT2D eigenvalue weighted by Gasteiger charge is -2.05. The molecular formula is C9H10Cl2N2O. The minimum Gasteiger partial charge on any atom is -0.322 e. The van der Waals surface area contributed by atoms with Crippen molar-refractivity contribution in [3.63, 3.8) is 0 Å². The second-order valence-corrected chi connectivity index (χ2v) is 3.76. The fourth-order valence-corrected chi connectivity index (χ4v) is 1.33. The molecule has 3 nitrogen and oxygen atoms in total. The first kappa shape index (κ1) is 11.4. The third-order valence-corrected chi connectivity index (χ3v) is 2.30. The summed E-state index contributed by atoms with van der Waals surface area (Å²) in [5.41, 5.74) is 6.08. The highest BCUT2D eigenvalue weighted by Crippen LogP contribution is 2.17. The van der Waals surface area contributed by atoms with Gasteiger partial charge >= 0.3 is 0 Å². The Morgan fingerprint density at radius 3 is 2.71 bits per heavy atom. The first-order valence-electron chi connectivity index (χ1n) is 4.10.